The summed E-state index contributed by atoms with van der Waals surface area (Å²) in [6.07, 6.45) is 1.72. The summed E-state index contributed by atoms with van der Waals surface area (Å²) in [5, 5.41) is 15.5. The maximum absolute atomic E-state index is 11.0. The van der Waals surface area contributed by atoms with Gasteiger partial charge in [0.1, 0.15) is 0 Å². The van der Waals surface area contributed by atoms with Gasteiger partial charge in [-0.15, -0.1) is 0 Å². The molecule has 0 aliphatic heterocycles. The van der Waals surface area contributed by atoms with E-state index < -0.39 is 0 Å². The molecule has 0 saturated carbocycles. The molecular formula is C14H16BrN3O2. The number of nitro groups is 1. The maximum atomic E-state index is 11.0. The summed E-state index contributed by atoms with van der Waals surface area (Å²) in [5.41, 5.74) is 3.69. The van der Waals surface area contributed by atoms with Crippen LogP contribution in [-0.2, 0) is 12.8 Å². The first-order valence-electron chi connectivity index (χ1n) is 6.50. The fraction of sp³-hybridized carbons (Fsp3) is 0.357. The summed E-state index contributed by atoms with van der Waals surface area (Å²) in [4.78, 5) is 10.6. The molecule has 1 aromatic carbocycles. The average Bonchev–Trinajstić information content (AvgIpc) is 2.83. The fourth-order valence-corrected chi connectivity index (χ4v) is 2.62. The average molecular weight is 338 g/mol. The molecule has 0 unspecified atom stereocenters. The van der Waals surface area contributed by atoms with Crippen LogP contribution in [0.5, 0.6) is 0 Å². The van der Waals surface area contributed by atoms with Gasteiger partial charge in [-0.2, -0.15) is 5.10 Å². The summed E-state index contributed by atoms with van der Waals surface area (Å²) in [5.74, 6) is 0. The highest BCUT2D eigenvalue weighted by Gasteiger charge is 2.17. The molecule has 0 radical (unpaired) electrons. The molecule has 0 amide bonds. The van der Waals surface area contributed by atoms with Gasteiger partial charge < -0.3 is 0 Å². The Morgan fingerprint density at radius 3 is 2.55 bits per heavy atom. The van der Waals surface area contributed by atoms with Crippen molar-refractivity contribution < 1.29 is 4.92 Å². The third-order valence-electron chi connectivity index (χ3n) is 3.25. The zero-order valence-electron chi connectivity index (χ0n) is 11.7. The van der Waals surface area contributed by atoms with Crippen LogP contribution in [0.3, 0.4) is 0 Å². The van der Waals surface area contributed by atoms with Crippen LogP contribution in [0.1, 0.15) is 30.8 Å². The molecule has 1 aromatic heterocycles. The quantitative estimate of drug-likeness (QED) is 0.626. The fourth-order valence-electron chi connectivity index (χ4n) is 2.12. The molecule has 20 heavy (non-hydrogen) atoms. The highest BCUT2D eigenvalue weighted by atomic mass is 79.9. The van der Waals surface area contributed by atoms with Crippen molar-refractivity contribution in [2.75, 3.05) is 0 Å². The lowest BCUT2D eigenvalue weighted by molar-refractivity contribution is -0.385. The lowest BCUT2D eigenvalue weighted by atomic mass is 10.2. The molecule has 0 aliphatic rings. The number of aryl methyl sites for hydroxylation is 3. The minimum absolute atomic E-state index is 0.113. The van der Waals surface area contributed by atoms with Gasteiger partial charge in [-0.25, -0.2) is 4.68 Å². The molecule has 5 nitrogen and oxygen atoms in total. The first-order valence-corrected chi connectivity index (χ1v) is 7.29. The molecule has 0 N–H and O–H groups in total. The van der Waals surface area contributed by atoms with Crippen LogP contribution >= 0.6 is 15.9 Å². The molecule has 0 bridgehead atoms. The van der Waals surface area contributed by atoms with Crippen LogP contribution in [-0.4, -0.2) is 14.7 Å². The SMILES string of the molecule is CCc1cc(CC)n(-c2cc(C)c([N+](=O)[O-])cc2Br)n1. The van der Waals surface area contributed by atoms with Crippen molar-refractivity contribution in [3.8, 4) is 5.69 Å². The number of aromatic nitrogens is 2. The van der Waals surface area contributed by atoms with E-state index in [-0.39, 0.29) is 10.6 Å². The first-order chi connectivity index (χ1) is 9.47. The molecule has 2 aromatic rings. The Balaban J connectivity index is 2.61. The van der Waals surface area contributed by atoms with E-state index >= 15 is 0 Å². The van der Waals surface area contributed by atoms with Gasteiger partial charge in [0.2, 0.25) is 0 Å². The number of hydrogen-bond donors (Lipinski definition) is 0. The van der Waals surface area contributed by atoms with Crippen molar-refractivity contribution >= 4 is 21.6 Å². The van der Waals surface area contributed by atoms with Crippen molar-refractivity contribution in [3.05, 3.63) is 49.7 Å². The van der Waals surface area contributed by atoms with E-state index in [9.17, 15) is 10.1 Å². The summed E-state index contributed by atoms with van der Waals surface area (Å²) >= 11 is 3.42. The Kier molecular flexibility index (Phi) is 4.23. The van der Waals surface area contributed by atoms with Crippen LogP contribution in [0.25, 0.3) is 5.69 Å². The summed E-state index contributed by atoms with van der Waals surface area (Å²) in [7, 11) is 0. The molecule has 0 saturated heterocycles. The smallest absolute Gasteiger partial charge is 0.258 e. The third-order valence-corrected chi connectivity index (χ3v) is 3.88. The molecule has 2 rings (SSSR count). The predicted molar refractivity (Wildman–Crippen MR) is 81.4 cm³/mol. The van der Waals surface area contributed by atoms with Gasteiger partial charge in [0.15, 0.2) is 0 Å². The summed E-state index contributed by atoms with van der Waals surface area (Å²) in [6, 6.07) is 5.41. The van der Waals surface area contributed by atoms with Crippen molar-refractivity contribution in [2.24, 2.45) is 0 Å². The van der Waals surface area contributed by atoms with E-state index in [2.05, 4.69) is 40.9 Å². The molecule has 0 spiro atoms. The molecule has 0 aliphatic carbocycles. The number of benzene rings is 1. The zero-order chi connectivity index (χ0) is 14.9. The Hall–Kier alpha value is -1.69. The van der Waals surface area contributed by atoms with Crippen LogP contribution < -0.4 is 0 Å². The van der Waals surface area contributed by atoms with Gasteiger partial charge in [-0.1, -0.05) is 13.8 Å². The van der Waals surface area contributed by atoms with Gasteiger partial charge in [0.05, 0.1) is 20.8 Å². The third kappa shape index (κ3) is 2.60. The normalized spacial score (nSPS) is 10.8. The molecular weight excluding hydrogens is 322 g/mol. The zero-order valence-corrected chi connectivity index (χ0v) is 13.3. The second-order valence-corrected chi connectivity index (χ2v) is 5.45. The van der Waals surface area contributed by atoms with Gasteiger partial charge in [-0.3, -0.25) is 10.1 Å². The van der Waals surface area contributed by atoms with Crippen molar-refractivity contribution in [1.82, 2.24) is 9.78 Å². The minimum atomic E-state index is -0.370. The maximum Gasteiger partial charge on any atom is 0.273 e. The van der Waals surface area contributed by atoms with Gasteiger partial charge in [-0.05, 0) is 47.8 Å². The first kappa shape index (κ1) is 14.7. The van der Waals surface area contributed by atoms with Crippen LogP contribution in [0.4, 0.5) is 5.69 Å². The van der Waals surface area contributed by atoms with Gasteiger partial charge in [0.25, 0.3) is 5.69 Å². The topological polar surface area (TPSA) is 61.0 Å². The number of hydrogen-bond acceptors (Lipinski definition) is 3. The van der Waals surface area contributed by atoms with Crippen LogP contribution in [0.2, 0.25) is 0 Å². The van der Waals surface area contributed by atoms with E-state index in [1.165, 1.54) is 6.07 Å². The number of nitro benzene ring substituents is 1. The number of nitrogens with zero attached hydrogens (tertiary/aromatic N) is 3. The Morgan fingerprint density at radius 1 is 1.30 bits per heavy atom. The lowest BCUT2D eigenvalue weighted by Crippen LogP contribution is -2.04. The van der Waals surface area contributed by atoms with E-state index in [0.29, 0.717) is 10.0 Å². The molecule has 6 heteroatoms. The summed E-state index contributed by atoms with van der Waals surface area (Å²) < 4.78 is 2.54. The minimum Gasteiger partial charge on any atom is -0.258 e. The Bertz CT molecular complexity index is 665. The van der Waals surface area contributed by atoms with Crippen molar-refractivity contribution in [1.29, 1.82) is 0 Å². The van der Waals surface area contributed by atoms with Crippen molar-refractivity contribution in [2.45, 2.75) is 33.6 Å². The van der Waals surface area contributed by atoms with E-state index in [0.717, 1.165) is 29.9 Å². The van der Waals surface area contributed by atoms with Crippen LogP contribution in [0.15, 0.2) is 22.7 Å². The highest BCUT2D eigenvalue weighted by Crippen LogP contribution is 2.30. The van der Waals surface area contributed by atoms with E-state index in [1.54, 1.807) is 13.0 Å². The lowest BCUT2D eigenvalue weighted by Gasteiger charge is -2.09. The molecule has 1 heterocycles. The van der Waals surface area contributed by atoms with E-state index in [1.807, 2.05) is 4.68 Å². The number of rotatable bonds is 4. The second-order valence-electron chi connectivity index (χ2n) is 4.59. The number of halogens is 1. The predicted octanol–water partition coefficient (Wildman–Crippen LogP) is 3.98. The van der Waals surface area contributed by atoms with Crippen LogP contribution in [0, 0.1) is 17.0 Å². The second kappa shape index (κ2) is 5.75. The monoisotopic (exact) mass is 337 g/mol. The molecule has 0 fully saturated rings. The molecule has 106 valence electrons. The van der Waals surface area contributed by atoms with Crippen molar-refractivity contribution in [3.63, 3.8) is 0 Å². The summed E-state index contributed by atoms with van der Waals surface area (Å²) in [6.45, 7) is 5.87. The van der Waals surface area contributed by atoms with Gasteiger partial charge in [0, 0.05) is 17.3 Å². The van der Waals surface area contributed by atoms with E-state index in [4.69, 9.17) is 0 Å². The molecule has 0 atom stereocenters. The Labute approximate surface area is 125 Å². The Morgan fingerprint density at radius 2 is 2.00 bits per heavy atom. The highest BCUT2D eigenvalue weighted by molar-refractivity contribution is 9.10. The van der Waals surface area contributed by atoms with Gasteiger partial charge >= 0.3 is 0 Å². The largest absolute Gasteiger partial charge is 0.273 e. The standard InChI is InChI=1S/C14H16BrN3O2/c1-4-10-7-11(5-2)17(16-10)14-6-9(3)13(18(19)20)8-12(14)15/h6-8H,4-5H2,1-3H3.